The summed E-state index contributed by atoms with van der Waals surface area (Å²) < 4.78 is 5.93. The predicted octanol–water partition coefficient (Wildman–Crippen LogP) is 3.36. The molecule has 4 aliphatic rings. The van der Waals surface area contributed by atoms with E-state index in [1.165, 1.54) is 6.42 Å². The molecule has 6 rings (SSSR count). The zero-order chi connectivity index (χ0) is 33.3. The van der Waals surface area contributed by atoms with Gasteiger partial charge in [-0.1, -0.05) is 51.1 Å². The fourth-order valence-electron chi connectivity index (χ4n) is 8.30. The molecule has 0 radical (unpaired) electrons. The molecule has 3 aliphatic carbocycles. The number of aliphatic hydroxyl groups excluding tert-OH is 2. The van der Waals surface area contributed by atoms with Gasteiger partial charge in [0.15, 0.2) is 0 Å². The molecule has 3 saturated carbocycles. The van der Waals surface area contributed by atoms with Gasteiger partial charge in [-0.05, 0) is 74.6 Å². The Bertz CT molecular complexity index is 1380. The van der Waals surface area contributed by atoms with Crippen LogP contribution in [-0.2, 0) is 16.2 Å². The van der Waals surface area contributed by atoms with E-state index in [0.717, 1.165) is 23.1 Å². The van der Waals surface area contributed by atoms with E-state index < -0.39 is 24.2 Å². The van der Waals surface area contributed by atoms with Gasteiger partial charge in [0.1, 0.15) is 17.9 Å². The van der Waals surface area contributed by atoms with Crippen LogP contribution in [0.15, 0.2) is 42.5 Å². The van der Waals surface area contributed by atoms with Crippen molar-refractivity contribution in [3.63, 3.8) is 0 Å². The van der Waals surface area contributed by atoms with Crippen LogP contribution < -0.4 is 20.7 Å². The van der Waals surface area contributed by atoms with E-state index >= 15 is 0 Å². The smallest absolute Gasteiger partial charge is 0.251 e. The van der Waals surface area contributed by atoms with Crippen molar-refractivity contribution in [1.29, 1.82) is 0 Å². The van der Waals surface area contributed by atoms with Crippen molar-refractivity contribution < 1.29 is 29.4 Å². The number of carbonyl (C=O) groups is 2. The highest BCUT2D eigenvalue weighted by Gasteiger charge is 2.57. The number of aliphatic hydroxyl groups is 2. The molecule has 1 aliphatic heterocycles. The second kappa shape index (κ2) is 14.0. The quantitative estimate of drug-likeness (QED) is 0.240. The van der Waals surface area contributed by atoms with Crippen LogP contribution in [-0.4, -0.2) is 84.7 Å². The summed E-state index contributed by atoms with van der Waals surface area (Å²) >= 11 is 0. The maximum atomic E-state index is 14.1. The minimum atomic E-state index is -0.876. The third kappa shape index (κ3) is 6.55. The van der Waals surface area contributed by atoms with E-state index in [-0.39, 0.29) is 37.0 Å². The van der Waals surface area contributed by atoms with Crippen LogP contribution in [0, 0.1) is 29.1 Å². The van der Waals surface area contributed by atoms with E-state index in [9.17, 15) is 19.8 Å². The van der Waals surface area contributed by atoms with Gasteiger partial charge in [-0.2, -0.15) is 5.06 Å². The summed E-state index contributed by atoms with van der Waals surface area (Å²) in [6.07, 6.45) is 0.553. The summed E-state index contributed by atoms with van der Waals surface area (Å²) in [5.74, 6) is 1.19. The maximum Gasteiger partial charge on any atom is 0.251 e. The van der Waals surface area contributed by atoms with Crippen molar-refractivity contribution in [3.05, 3.63) is 53.6 Å². The average Bonchev–Trinajstić information content (AvgIpc) is 3.40. The molecule has 4 fully saturated rings. The van der Waals surface area contributed by atoms with Crippen LogP contribution in [0.25, 0.3) is 11.1 Å². The highest BCUT2D eigenvalue weighted by molar-refractivity contribution is 5.95. The monoisotopic (exact) mass is 636 g/mol. The minimum absolute atomic E-state index is 0.00431. The Labute approximate surface area is 273 Å². The molecule has 9 atom stereocenters. The summed E-state index contributed by atoms with van der Waals surface area (Å²) in [6.45, 7) is 11.1. The van der Waals surface area contributed by atoms with Crippen LogP contribution in [0.5, 0.6) is 5.75 Å². The molecule has 10 heteroatoms. The lowest BCUT2D eigenvalue weighted by atomic mass is 9.45. The third-order valence-electron chi connectivity index (χ3n) is 11.0. The molecule has 2 aromatic carbocycles. The molecule has 2 amide bonds. The first kappa shape index (κ1) is 34.3. The van der Waals surface area contributed by atoms with E-state index in [0.29, 0.717) is 41.0 Å². The third-order valence-corrected chi connectivity index (χ3v) is 11.0. The number of benzene rings is 2. The first-order valence-electron chi connectivity index (χ1n) is 16.7. The van der Waals surface area contributed by atoms with Crippen molar-refractivity contribution in [2.45, 2.75) is 84.3 Å². The molecule has 1 heterocycles. The molecular weight excluding hydrogens is 584 g/mol. The molecule has 46 heavy (non-hydrogen) atoms. The molecule has 5 N–H and O–H groups in total. The summed E-state index contributed by atoms with van der Waals surface area (Å²) in [5.41, 5.74) is 3.36. The number of hydrogen-bond acceptors (Lipinski definition) is 8. The second-order valence-corrected chi connectivity index (χ2v) is 14.2. The lowest BCUT2D eigenvalue weighted by Gasteiger charge is -2.62. The van der Waals surface area contributed by atoms with E-state index in [4.69, 9.17) is 9.57 Å². The van der Waals surface area contributed by atoms with Gasteiger partial charge >= 0.3 is 0 Å². The van der Waals surface area contributed by atoms with Gasteiger partial charge < -0.3 is 30.9 Å². The summed E-state index contributed by atoms with van der Waals surface area (Å²) in [7, 11) is 3.45. The van der Waals surface area contributed by atoms with Gasteiger partial charge in [-0.15, -0.1) is 0 Å². The molecule has 0 aromatic heterocycles. The fourth-order valence-corrected chi connectivity index (χ4v) is 8.30. The van der Waals surface area contributed by atoms with Crippen LogP contribution in [0.4, 0.5) is 0 Å². The van der Waals surface area contributed by atoms with Crippen molar-refractivity contribution in [3.8, 4) is 16.9 Å². The van der Waals surface area contributed by atoms with Crippen LogP contribution in [0.3, 0.4) is 0 Å². The van der Waals surface area contributed by atoms with Crippen LogP contribution in [0.1, 0.15) is 63.4 Å². The number of hydroxylamine groups is 2. The standard InChI is InChI=1S/C36H52N4O6/c1-20(17-37-6)38-34(43)24-13-11-23(12-14-24)27-10-8-9-25(33(27)45-7)18-40-32(31(22(3)42)30(19-41)46-40)35(44)39-29-16-26-15-28(21(29)2)36(26,4)5/h8-14,20-22,26,28-32,37,41-42H,15-19H2,1-7H3,(H,38,43)(H,39,44)/t20-,21-,22-,26+,28-,29-,30-,31-,32-/m0/s1. The van der Waals surface area contributed by atoms with E-state index in [2.05, 4.69) is 36.7 Å². The Balaban J connectivity index is 1.37. The lowest BCUT2D eigenvalue weighted by molar-refractivity contribution is -0.183. The summed E-state index contributed by atoms with van der Waals surface area (Å²) in [6, 6.07) is 12.4. The van der Waals surface area contributed by atoms with E-state index in [1.54, 1.807) is 31.2 Å². The molecule has 0 spiro atoms. The Kier molecular flexibility index (Phi) is 10.4. The predicted molar refractivity (Wildman–Crippen MR) is 177 cm³/mol. The zero-order valence-corrected chi connectivity index (χ0v) is 28.2. The Morgan fingerprint density at radius 1 is 1.13 bits per heavy atom. The number of carbonyl (C=O) groups excluding carboxylic acids is 2. The number of hydrogen-bond donors (Lipinski definition) is 5. The Morgan fingerprint density at radius 2 is 1.85 bits per heavy atom. The van der Waals surface area contributed by atoms with Gasteiger partial charge in [0.2, 0.25) is 5.91 Å². The number of rotatable bonds is 12. The van der Waals surface area contributed by atoms with Crippen molar-refractivity contribution in [2.24, 2.45) is 29.1 Å². The topological polar surface area (TPSA) is 132 Å². The SMILES string of the molecule is CNC[C@H](C)NC(=O)c1ccc(-c2cccc(CN3O[C@@H](CO)[C@H]([C@H](C)O)[C@H]3C(=O)N[C@H]3C[C@H]4C[C@@H]([C@@H]3C)C4(C)C)c2OC)cc1. The number of amides is 2. The highest BCUT2D eigenvalue weighted by atomic mass is 16.7. The number of ether oxygens (including phenoxy) is 1. The molecule has 10 nitrogen and oxygen atoms in total. The molecule has 2 aromatic rings. The molecule has 252 valence electrons. The average molecular weight is 637 g/mol. The maximum absolute atomic E-state index is 14.1. The number of methoxy groups -OCH3 is 1. The fraction of sp³-hybridized carbons (Fsp3) is 0.611. The zero-order valence-electron chi connectivity index (χ0n) is 28.2. The Morgan fingerprint density at radius 3 is 2.43 bits per heavy atom. The number of likely N-dealkylation sites (N-methyl/N-ethyl adjacent to an activating group) is 1. The number of nitrogens with zero attached hydrogens (tertiary/aromatic N) is 1. The minimum Gasteiger partial charge on any atom is -0.496 e. The normalized spacial score (nSPS) is 29.8. The molecular formula is C36H52N4O6. The van der Waals surface area contributed by atoms with E-state index in [1.807, 2.05) is 44.3 Å². The van der Waals surface area contributed by atoms with Crippen LogP contribution in [0.2, 0.25) is 0 Å². The van der Waals surface area contributed by atoms with Gasteiger partial charge in [0.05, 0.1) is 26.4 Å². The number of para-hydroxylation sites is 1. The largest absolute Gasteiger partial charge is 0.496 e. The van der Waals surface area contributed by atoms with Crippen LogP contribution >= 0.6 is 0 Å². The molecule has 2 bridgehead atoms. The van der Waals surface area contributed by atoms with Gasteiger partial charge in [-0.25, -0.2) is 0 Å². The number of nitrogens with one attached hydrogen (secondary N) is 3. The first-order chi connectivity index (χ1) is 21.9. The number of fused-ring (bicyclic) bond motifs is 2. The Hall–Kier alpha value is -3.02. The summed E-state index contributed by atoms with van der Waals surface area (Å²) in [4.78, 5) is 33.0. The molecule has 0 unspecified atom stereocenters. The van der Waals surface area contributed by atoms with Gasteiger partial charge in [0, 0.05) is 41.2 Å². The first-order valence-corrected chi connectivity index (χ1v) is 16.7. The van der Waals surface area contributed by atoms with Crippen molar-refractivity contribution in [2.75, 3.05) is 27.3 Å². The molecule has 1 saturated heterocycles. The highest BCUT2D eigenvalue weighted by Crippen LogP contribution is 2.61. The second-order valence-electron chi connectivity index (χ2n) is 14.2. The lowest BCUT2D eigenvalue weighted by Crippen LogP contribution is -2.62. The summed E-state index contributed by atoms with van der Waals surface area (Å²) in [5, 5.41) is 32.0. The van der Waals surface area contributed by atoms with Gasteiger partial charge in [-0.3, -0.25) is 14.4 Å². The van der Waals surface area contributed by atoms with Crippen molar-refractivity contribution in [1.82, 2.24) is 21.0 Å². The van der Waals surface area contributed by atoms with Gasteiger partial charge in [0.25, 0.3) is 5.91 Å². The van der Waals surface area contributed by atoms with Crippen molar-refractivity contribution >= 4 is 11.8 Å².